The Morgan fingerprint density at radius 2 is 1.70 bits per heavy atom. The predicted octanol–water partition coefficient (Wildman–Crippen LogP) is 3.19. The third-order valence-corrected chi connectivity index (χ3v) is 3.37. The molecule has 1 aromatic rings. The lowest BCUT2D eigenvalue weighted by Crippen LogP contribution is -2.26. The molecule has 1 atom stereocenters. The molecule has 20 heavy (non-hydrogen) atoms. The summed E-state index contributed by atoms with van der Waals surface area (Å²) in [5, 5.41) is 2.89. The zero-order chi connectivity index (χ0) is 14.3. The fourth-order valence-corrected chi connectivity index (χ4v) is 2.01. The monoisotopic (exact) mass is 298 g/mol. The number of carbonyl (C=O) groups excluding carboxylic acids is 1. The van der Waals surface area contributed by atoms with E-state index in [1.54, 1.807) is 0 Å². The molecule has 0 aromatic heterocycles. The minimum absolute atomic E-state index is 0. The van der Waals surface area contributed by atoms with Crippen LogP contribution in [0.25, 0.3) is 0 Å². The summed E-state index contributed by atoms with van der Waals surface area (Å²) >= 11 is 0. The molecular weight excluding hydrogens is 272 g/mol. The standard InChI is InChI=1S/C16H26N2O.ClH/c1-12(2)14-5-7-15(8-6-14)13(3)11-16(19)18-10-4-9-17;/h5-8,12-13H,4,9-11,17H2,1-3H3,(H,18,19);1H. The van der Waals surface area contributed by atoms with Crippen molar-refractivity contribution in [3.63, 3.8) is 0 Å². The molecule has 114 valence electrons. The molecule has 3 N–H and O–H groups in total. The number of hydrogen-bond acceptors (Lipinski definition) is 2. The van der Waals surface area contributed by atoms with Crippen LogP contribution in [0.4, 0.5) is 0 Å². The summed E-state index contributed by atoms with van der Waals surface area (Å²) in [6.45, 7) is 7.75. The summed E-state index contributed by atoms with van der Waals surface area (Å²) in [4.78, 5) is 11.7. The van der Waals surface area contributed by atoms with E-state index in [2.05, 4.69) is 50.4 Å². The van der Waals surface area contributed by atoms with E-state index in [1.807, 2.05) is 0 Å². The third kappa shape index (κ3) is 6.40. The normalized spacial score (nSPS) is 11.8. The highest BCUT2D eigenvalue weighted by Gasteiger charge is 2.11. The van der Waals surface area contributed by atoms with E-state index in [-0.39, 0.29) is 24.2 Å². The van der Waals surface area contributed by atoms with Crippen LogP contribution in [0.1, 0.15) is 56.6 Å². The van der Waals surface area contributed by atoms with Crippen LogP contribution >= 0.6 is 12.4 Å². The van der Waals surface area contributed by atoms with Crippen molar-refractivity contribution in [3.05, 3.63) is 35.4 Å². The van der Waals surface area contributed by atoms with E-state index in [4.69, 9.17) is 5.73 Å². The van der Waals surface area contributed by atoms with Crippen molar-refractivity contribution in [1.82, 2.24) is 5.32 Å². The van der Waals surface area contributed by atoms with Gasteiger partial charge in [-0.2, -0.15) is 0 Å². The Bertz CT molecular complexity index is 390. The Hall–Kier alpha value is -1.06. The molecule has 1 rings (SSSR count). The van der Waals surface area contributed by atoms with Crippen LogP contribution in [0.15, 0.2) is 24.3 Å². The van der Waals surface area contributed by atoms with Gasteiger partial charge in [-0.15, -0.1) is 12.4 Å². The number of carbonyl (C=O) groups is 1. The van der Waals surface area contributed by atoms with Crippen LogP contribution in [-0.2, 0) is 4.79 Å². The zero-order valence-electron chi connectivity index (χ0n) is 12.7. The van der Waals surface area contributed by atoms with E-state index >= 15 is 0 Å². The second-order valence-corrected chi connectivity index (χ2v) is 5.42. The van der Waals surface area contributed by atoms with Gasteiger partial charge < -0.3 is 11.1 Å². The maximum absolute atomic E-state index is 11.7. The van der Waals surface area contributed by atoms with Crippen molar-refractivity contribution in [2.24, 2.45) is 5.73 Å². The molecule has 0 aliphatic carbocycles. The minimum atomic E-state index is 0. The van der Waals surface area contributed by atoms with Crippen molar-refractivity contribution in [3.8, 4) is 0 Å². The van der Waals surface area contributed by atoms with Crippen LogP contribution in [0, 0.1) is 0 Å². The van der Waals surface area contributed by atoms with Crippen molar-refractivity contribution < 1.29 is 4.79 Å². The Labute approximate surface area is 128 Å². The lowest BCUT2D eigenvalue weighted by Gasteiger charge is -2.13. The van der Waals surface area contributed by atoms with Gasteiger partial charge in [-0.3, -0.25) is 4.79 Å². The summed E-state index contributed by atoms with van der Waals surface area (Å²) < 4.78 is 0. The first-order chi connectivity index (χ1) is 9.04. The molecular formula is C16H27ClN2O. The lowest BCUT2D eigenvalue weighted by atomic mass is 9.94. The first-order valence-electron chi connectivity index (χ1n) is 7.11. The fourth-order valence-electron chi connectivity index (χ4n) is 2.01. The first kappa shape index (κ1) is 18.9. The molecule has 0 spiro atoms. The first-order valence-corrected chi connectivity index (χ1v) is 7.11. The third-order valence-electron chi connectivity index (χ3n) is 3.37. The van der Waals surface area contributed by atoms with Gasteiger partial charge in [0, 0.05) is 13.0 Å². The molecule has 0 aliphatic rings. The summed E-state index contributed by atoms with van der Waals surface area (Å²) in [6.07, 6.45) is 1.37. The SMILES string of the molecule is CC(C)c1ccc(C(C)CC(=O)NCCCN)cc1.Cl. The number of nitrogens with one attached hydrogen (secondary N) is 1. The topological polar surface area (TPSA) is 55.1 Å². The number of benzene rings is 1. The molecule has 0 saturated heterocycles. The molecule has 0 fully saturated rings. The van der Waals surface area contributed by atoms with E-state index in [1.165, 1.54) is 11.1 Å². The van der Waals surface area contributed by atoms with Crippen molar-refractivity contribution in [1.29, 1.82) is 0 Å². The highest BCUT2D eigenvalue weighted by Crippen LogP contribution is 2.22. The molecule has 0 bridgehead atoms. The zero-order valence-corrected chi connectivity index (χ0v) is 13.5. The van der Waals surface area contributed by atoms with Crippen LogP contribution < -0.4 is 11.1 Å². The van der Waals surface area contributed by atoms with E-state index in [9.17, 15) is 4.79 Å². The molecule has 1 amide bonds. The highest BCUT2D eigenvalue weighted by atomic mass is 35.5. The summed E-state index contributed by atoms with van der Waals surface area (Å²) in [5.74, 6) is 0.900. The van der Waals surface area contributed by atoms with Gasteiger partial charge >= 0.3 is 0 Å². The van der Waals surface area contributed by atoms with Crippen molar-refractivity contribution in [2.75, 3.05) is 13.1 Å². The van der Waals surface area contributed by atoms with E-state index < -0.39 is 0 Å². The van der Waals surface area contributed by atoms with Gasteiger partial charge in [0.05, 0.1) is 0 Å². The van der Waals surface area contributed by atoms with Crippen molar-refractivity contribution >= 4 is 18.3 Å². The van der Waals surface area contributed by atoms with Crippen LogP contribution in [0.5, 0.6) is 0 Å². The highest BCUT2D eigenvalue weighted by molar-refractivity contribution is 5.85. The smallest absolute Gasteiger partial charge is 0.220 e. The molecule has 0 radical (unpaired) electrons. The van der Waals surface area contributed by atoms with Gasteiger partial charge in [0.15, 0.2) is 0 Å². The predicted molar refractivity (Wildman–Crippen MR) is 87.5 cm³/mol. The molecule has 0 saturated carbocycles. The number of hydrogen-bond donors (Lipinski definition) is 2. The Kier molecular flexibility index (Phi) is 9.26. The molecule has 4 heteroatoms. The summed E-state index contributed by atoms with van der Waals surface area (Å²) in [5.41, 5.74) is 7.95. The number of halogens is 1. The molecule has 1 aromatic carbocycles. The van der Waals surface area contributed by atoms with Crippen molar-refractivity contribution in [2.45, 2.75) is 45.4 Å². The van der Waals surface area contributed by atoms with Gasteiger partial charge in [-0.25, -0.2) is 0 Å². The van der Waals surface area contributed by atoms with Crippen LogP contribution in [0.2, 0.25) is 0 Å². The average molecular weight is 299 g/mol. The maximum atomic E-state index is 11.7. The Morgan fingerprint density at radius 3 is 2.20 bits per heavy atom. The molecule has 0 heterocycles. The molecule has 1 unspecified atom stereocenters. The number of nitrogens with two attached hydrogens (primary N) is 1. The van der Waals surface area contributed by atoms with Gasteiger partial charge in [0.25, 0.3) is 0 Å². The van der Waals surface area contributed by atoms with Gasteiger partial charge in [-0.05, 0) is 35.9 Å². The summed E-state index contributed by atoms with van der Waals surface area (Å²) in [6, 6.07) is 8.58. The molecule has 3 nitrogen and oxygen atoms in total. The van der Waals surface area contributed by atoms with Gasteiger partial charge in [-0.1, -0.05) is 45.0 Å². The second kappa shape index (κ2) is 9.78. The lowest BCUT2D eigenvalue weighted by molar-refractivity contribution is -0.121. The number of rotatable bonds is 7. The second-order valence-electron chi connectivity index (χ2n) is 5.42. The Morgan fingerprint density at radius 1 is 1.15 bits per heavy atom. The van der Waals surface area contributed by atoms with Gasteiger partial charge in [0.1, 0.15) is 0 Å². The Balaban J connectivity index is 0.00000361. The van der Waals surface area contributed by atoms with Crippen LogP contribution in [-0.4, -0.2) is 19.0 Å². The van der Waals surface area contributed by atoms with Crippen LogP contribution in [0.3, 0.4) is 0 Å². The summed E-state index contributed by atoms with van der Waals surface area (Å²) in [7, 11) is 0. The largest absolute Gasteiger partial charge is 0.356 e. The van der Waals surface area contributed by atoms with E-state index in [0.717, 1.165) is 6.42 Å². The number of amides is 1. The van der Waals surface area contributed by atoms with E-state index in [0.29, 0.717) is 25.4 Å². The quantitative estimate of drug-likeness (QED) is 0.760. The van der Waals surface area contributed by atoms with Gasteiger partial charge in [0.2, 0.25) is 5.91 Å². The maximum Gasteiger partial charge on any atom is 0.220 e. The average Bonchev–Trinajstić information content (AvgIpc) is 2.39. The molecule has 0 aliphatic heterocycles. The minimum Gasteiger partial charge on any atom is -0.356 e. The fraction of sp³-hybridized carbons (Fsp3) is 0.562.